The number of carbonyl (C=O) groups is 1. The van der Waals surface area contributed by atoms with E-state index >= 15 is 0 Å². The predicted octanol–water partition coefficient (Wildman–Crippen LogP) is 4.83. The lowest BCUT2D eigenvalue weighted by Gasteiger charge is -2.26. The average Bonchev–Trinajstić information content (AvgIpc) is 3.05. The lowest BCUT2D eigenvalue weighted by molar-refractivity contribution is 0.0720. The summed E-state index contributed by atoms with van der Waals surface area (Å²) in [6, 6.07) is 9.07. The lowest BCUT2D eigenvalue weighted by atomic mass is 9.97. The van der Waals surface area contributed by atoms with Crippen LogP contribution in [0.3, 0.4) is 0 Å². The van der Waals surface area contributed by atoms with Gasteiger partial charge in [0, 0.05) is 6.54 Å². The third-order valence-electron chi connectivity index (χ3n) is 6.54. The highest BCUT2D eigenvalue weighted by Crippen LogP contribution is 2.38. The molecule has 0 aliphatic carbocycles. The van der Waals surface area contributed by atoms with E-state index in [9.17, 15) is 14.0 Å². The summed E-state index contributed by atoms with van der Waals surface area (Å²) in [6.07, 6.45) is 0.769. The fourth-order valence-electron chi connectivity index (χ4n) is 4.50. The Bertz CT molecular complexity index is 1210. The standard InChI is InChI=1S/C26H29FN2O3/c1-5-28(6-2)12-7-13-29-23(18-8-10-19(27)11-9-18)22-24(30)20-14-16(3)17(4)15-21(20)32-25(22)26(29)31/h8-11,14-15,23H,5-7,12-13H2,1-4H3. The molecule has 1 amide bonds. The number of hydrogen-bond acceptors (Lipinski definition) is 4. The molecule has 1 aliphatic rings. The first-order valence-corrected chi connectivity index (χ1v) is 11.2. The molecular weight excluding hydrogens is 407 g/mol. The Balaban J connectivity index is 1.82. The van der Waals surface area contributed by atoms with Crippen LogP contribution in [0.5, 0.6) is 0 Å². The minimum absolute atomic E-state index is 0.0999. The molecule has 0 saturated heterocycles. The second-order valence-corrected chi connectivity index (χ2v) is 8.44. The fourth-order valence-corrected chi connectivity index (χ4v) is 4.50. The molecule has 0 N–H and O–H groups in total. The predicted molar refractivity (Wildman–Crippen MR) is 124 cm³/mol. The van der Waals surface area contributed by atoms with Crippen molar-refractivity contribution < 1.29 is 13.6 Å². The number of hydrogen-bond donors (Lipinski definition) is 0. The SMILES string of the molecule is CCN(CC)CCCN1C(=O)c2oc3cc(C)c(C)cc3c(=O)c2C1c1ccc(F)cc1. The number of fused-ring (bicyclic) bond motifs is 2. The molecule has 2 heterocycles. The van der Waals surface area contributed by atoms with Crippen molar-refractivity contribution in [2.75, 3.05) is 26.2 Å². The number of benzene rings is 2. The molecule has 168 valence electrons. The Morgan fingerprint density at radius 3 is 2.34 bits per heavy atom. The van der Waals surface area contributed by atoms with E-state index in [0.29, 0.717) is 28.6 Å². The number of halogens is 1. The Morgan fingerprint density at radius 1 is 1.03 bits per heavy atom. The van der Waals surface area contributed by atoms with Gasteiger partial charge in [-0.15, -0.1) is 0 Å². The third-order valence-corrected chi connectivity index (χ3v) is 6.54. The van der Waals surface area contributed by atoms with Gasteiger partial charge >= 0.3 is 0 Å². The summed E-state index contributed by atoms with van der Waals surface area (Å²) >= 11 is 0. The first-order valence-electron chi connectivity index (χ1n) is 11.2. The molecule has 0 saturated carbocycles. The van der Waals surface area contributed by atoms with Gasteiger partial charge in [0.15, 0.2) is 5.43 Å². The zero-order chi connectivity index (χ0) is 23.0. The van der Waals surface area contributed by atoms with Gasteiger partial charge in [0.2, 0.25) is 5.76 Å². The quantitative estimate of drug-likeness (QED) is 0.533. The van der Waals surface area contributed by atoms with E-state index in [1.807, 2.05) is 26.0 Å². The minimum atomic E-state index is -0.586. The molecule has 3 aromatic rings. The molecule has 4 rings (SSSR count). The molecule has 32 heavy (non-hydrogen) atoms. The molecule has 0 spiro atoms. The number of aryl methyl sites for hydroxylation is 2. The van der Waals surface area contributed by atoms with Crippen LogP contribution in [0.25, 0.3) is 11.0 Å². The van der Waals surface area contributed by atoms with Crippen molar-refractivity contribution >= 4 is 16.9 Å². The minimum Gasteiger partial charge on any atom is -0.450 e. The first kappa shape index (κ1) is 22.2. The van der Waals surface area contributed by atoms with Crippen molar-refractivity contribution in [2.24, 2.45) is 0 Å². The third kappa shape index (κ3) is 3.84. The molecule has 2 aromatic carbocycles. The molecule has 6 heteroatoms. The first-order chi connectivity index (χ1) is 15.3. The summed E-state index contributed by atoms with van der Waals surface area (Å²) < 4.78 is 19.6. The number of rotatable bonds is 7. The number of carbonyl (C=O) groups excluding carboxylic acids is 1. The van der Waals surface area contributed by atoms with Crippen molar-refractivity contribution in [3.05, 3.63) is 80.5 Å². The smallest absolute Gasteiger partial charge is 0.290 e. The molecule has 1 aliphatic heterocycles. The van der Waals surface area contributed by atoms with Gasteiger partial charge in [-0.3, -0.25) is 9.59 Å². The van der Waals surface area contributed by atoms with Crippen molar-refractivity contribution in [1.82, 2.24) is 9.80 Å². The zero-order valence-corrected chi connectivity index (χ0v) is 19.1. The highest BCUT2D eigenvalue weighted by Gasteiger charge is 2.42. The number of amides is 1. The summed E-state index contributed by atoms with van der Waals surface area (Å²) in [5, 5.41) is 0.469. The van der Waals surface area contributed by atoms with Gasteiger partial charge in [-0.25, -0.2) is 4.39 Å². The highest BCUT2D eigenvalue weighted by molar-refractivity contribution is 5.99. The van der Waals surface area contributed by atoms with Crippen molar-refractivity contribution in [3.63, 3.8) is 0 Å². The van der Waals surface area contributed by atoms with Crippen LogP contribution in [0.1, 0.15) is 59.1 Å². The van der Waals surface area contributed by atoms with Crippen LogP contribution >= 0.6 is 0 Å². The van der Waals surface area contributed by atoms with E-state index in [2.05, 4.69) is 18.7 Å². The van der Waals surface area contributed by atoms with Gasteiger partial charge < -0.3 is 14.2 Å². The molecule has 1 atom stereocenters. The summed E-state index contributed by atoms with van der Waals surface area (Å²) in [5.41, 5.74) is 3.27. The Kier molecular flexibility index (Phi) is 6.15. The number of nitrogens with zero attached hydrogens (tertiary/aromatic N) is 2. The lowest BCUT2D eigenvalue weighted by Crippen LogP contribution is -2.33. The van der Waals surface area contributed by atoms with Gasteiger partial charge in [-0.05, 0) is 80.9 Å². The average molecular weight is 437 g/mol. The molecule has 0 fully saturated rings. The Labute approximate surface area is 187 Å². The van der Waals surface area contributed by atoms with Gasteiger partial charge in [0.1, 0.15) is 11.4 Å². The van der Waals surface area contributed by atoms with E-state index < -0.39 is 6.04 Å². The molecule has 5 nitrogen and oxygen atoms in total. The Morgan fingerprint density at radius 2 is 1.69 bits per heavy atom. The second kappa shape index (κ2) is 8.87. The summed E-state index contributed by atoms with van der Waals surface area (Å²) in [6.45, 7) is 11.3. The van der Waals surface area contributed by atoms with Gasteiger partial charge in [0.05, 0.1) is 17.0 Å². The van der Waals surface area contributed by atoms with E-state index in [0.717, 1.165) is 37.2 Å². The summed E-state index contributed by atoms with van der Waals surface area (Å²) in [7, 11) is 0. The monoisotopic (exact) mass is 436 g/mol. The van der Waals surface area contributed by atoms with Crippen molar-refractivity contribution in [2.45, 2.75) is 40.2 Å². The van der Waals surface area contributed by atoms with Crippen LogP contribution < -0.4 is 5.43 Å². The zero-order valence-electron chi connectivity index (χ0n) is 19.1. The molecule has 1 unspecified atom stereocenters. The van der Waals surface area contributed by atoms with E-state index in [1.54, 1.807) is 17.0 Å². The van der Waals surface area contributed by atoms with Gasteiger partial charge in [0.25, 0.3) is 5.91 Å². The van der Waals surface area contributed by atoms with Gasteiger partial charge in [-0.1, -0.05) is 26.0 Å². The van der Waals surface area contributed by atoms with E-state index in [4.69, 9.17) is 4.42 Å². The van der Waals surface area contributed by atoms with E-state index in [1.165, 1.54) is 12.1 Å². The van der Waals surface area contributed by atoms with Crippen LogP contribution in [-0.2, 0) is 0 Å². The topological polar surface area (TPSA) is 53.8 Å². The molecule has 1 aromatic heterocycles. The highest BCUT2D eigenvalue weighted by atomic mass is 19.1. The maximum atomic E-state index is 13.6. The van der Waals surface area contributed by atoms with Crippen LogP contribution in [0, 0.1) is 19.7 Å². The van der Waals surface area contributed by atoms with Crippen molar-refractivity contribution in [3.8, 4) is 0 Å². The maximum absolute atomic E-state index is 13.6. The summed E-state index contributed by atoms with van der Waals surface area (Å²) in [5.74, 6) is -0.544. The van der Waals surface area contributed by atoms with Crippen LogP contribution in [0.4, 0.5) is 4.39 Å². The fraction of sp³-hybridized carbons (Fsp3) is 0.385. The molecule has 0 bridgehead atoms. The normalized spacial score (nSPS) is 15.8. The van der Waals surface area contributed by atoms with Crippen LogP contribution in [-0.4, -0.2) is 41.9 Å². The van der Waals surface area contributed by atoms with E-state index in [-0.39, 0.29) is 22.9 Å². The summed E-state index contributed by atoms with van der Waals surface area (Å²) in [4.78, 5) is 31.0. The largest absolute Gasteiger partial charge is 0.450 e. The van der Waals surface area contributed by atoms with Crippen LogP contribution in [0.2, 0.25) is 0 Å². The Hall–Kier alpha value is -2.99. The molecular formula is C26H29FN2O3. The second-order valence-electron chi connectivity index (χ2n) is 8.44. The maximum Gasteiger partial charge on any atom is 0.290 e. The van der Waals surface area contributed by atoms with Crippen LogP contribution in [0.15, 0.2) is 45.6 Å². The molecule has 0 radical (unpaired) electrons. The van der Waals surface area contributed by atoms with Crippen molar-refractivity contribution in [1.29, 1.82) is 0 Å². The van der Waals surface area contributed by atoms with Gasteiger partial charge in [-0.2, -0.15) is 0 Å².